The summed E-state index contributed by atoms with van der Waals surface area (Å²) < 4.78 is 5.56. The molecule has 0 amide bonds. The van der Waals surface area contributed by atoms with Crippen molar-refractivity contribution in [3.63, 3.8) is 0 Å². The van der Waals surface area contributed by atoms with Crippen LogP contribution in [0.3, 0.4) is 0 Å². The normalized spacial score (nSPS) is 10.3. The summed E-state index contributed by atoms with van der Waals surface area (Å²) in [7, 11) is 0. The molecule has 0 saturated carbocycles. The number of esters is 1. The first-order chi connectivity index (χ1) is 9.67. The van der Waals surface area contributed by atoms with Crippen LogP contribution in [0.2, 0.25) is 5.02 Å². The number of thioether (sulfide) groups is 1. The number of benzene rings is 1. The molecule has 2 rings (SSSR count). The van der Waals surface area contributed by atoms with E-state index in [4.69, 9.17) is 16.3 Å². The predicted molar refractivity (Wildman–Crippen MR) is 82.0 cm³/mol. The van der Waals surface area contributed by atoms with Crippen molar-refractivity contribution in [2.45, 2.75) is 11.3 Å². The quantitative estimate of drug-likeness (QED) is 0.645. The molecule has 5 nitrogen and oxygen atoms in total. The lowest BCUT2D eigenvalue weighted by molar-refractivity contribution is -0.139. The summed E-state index contributed by atoms with van der Waals surface area (Å²) in [5, 5.41) is 12.4. The van der Waals surface area contributed by atoms with Gasteiger partial charge in [-0.25, -0.2) is 0 Å². The van der Waals surface area contributed by atoms with Crippen LogP contribution in [-0.4, -0.2) is 28.5 Å². The van der Waals surface area contributed by atoms with E-state index in [0.29, 0.717) is 21.1 Å². The van der Waals surface area contributed by atoms with Crippen molar-refractivity contribution < 1.29 is 9.53 Å². The summed E-state index contributed by atoms with van der Waals surface area (Å²) in [6.45, 7) is 2.16. The van der Waals surface area contributed by atoms with Crippen LogP contribution in [0.15, 0.2) is 28.6 Å². The van der Waals surface area contributed by atoms with Gasteiger partial charge < -0.3 is 10.1 Å². The van der Waals surface area contributed by atoms with Crippen molar-refractivity contribution >= 4 is 51.5 Å². The molecule has 0 aliphatic rings. The molecule has 0 aliphatic carbocycles. The van der Waals surface area contributed by atoms with Gasteiger partial charge in [-0.2, -0.15) is 0 Å². The van der Waals surface area contributed by atoms with Crippen molar-refractivity contribution in [1.82, 2.24) is 10.2 Å². The Bertz CT molecular complexity index is 592. The Kier molecular flexibility index (Phi) is 5.63. The largest absolute Gasteiger partial charge is 0.465 e. The molecular formula is C12H12ClN3O2S2. The van der Waals surface area contributed by atoms with Gasteiger partial charge in [-0.3, -0.25) is 4.79 Å². The average molecular weight is 330 g/mol. The fourth-order valence-corrected chi connectivity index (χ4v) is 3.09. The SMILES string of the molecule is CCOC(=O)CSc1nnc(Nc2cccc(Cl)c2)s1. The van der Waals surface area contributed by atoms with E-state index in [1.807, 2.05) is 12.1 Å². The molecule has 1 aromatic carbocycles. The monoisotopic (exact) mass is 329 g/mol. The molecule has 0 spiro atoms. The molecule has 0 saturated heterocycles. The third-order valence-corrected chi connectivity index (χ3v) is 4.28. The third kappa shape index (κ3) is 4.66. The number of halogens is 1. The molecule has 8 heteroatoms. The number of nitrogens with zero attached hydrogens (tertiary/aromatic N) is 2. The highest BCUT2D eigenvalue weighted by Gasteiger charge is 2.08. The minimum absolute atomic E-state index is 0.236. The van der Waals surface area contributed by atoms with Gasteiger partial charge in [-0.15, -0.1) is 10.2 Å². The topological polar surface area (TPSA) is 64.1 Å². The Hall–Kier alpha value is -1.31. The lowest BCUT2D eigenvalue weighted by Crippen LogP contribution is -2.06. The zero-order valence-corrected chi connectivity index (χ0v) is 13.0. The summed E-state index contributed by atoms with van der Waals surface area (Å²) in [6.07, 6.45) is 0. The van der Waals surface area contributed by atoms with E-state index >= 15 is 0 Å². The standard InChI is InChI=1S/C12H12ClN3O2S2/c1-2-18-10(17)7-19-12-16-15-11(20-12)14-9-5-3-4-8(13)6-9/h3-6H,2,7H2,1H3,(H,14,15). The Morgan fingerprint density at radius 1 is 1.50 bits per heavy atom. The van der Waals surface area contributed by atoms with Gasteiger partial charge in [-0.1, -0.05) is 40.8 Å². The fourth-order valence-electron chi connectivity index (χ4n) is 1.33. The first-order valence-electron chi connectivity index (χ1n) is 5.82. The van der Waals surface area contributed by atoms with E-state index in [0.717, 1.165) is 5.69 Å². The van der Waals surface area contributed by atoms with Crippen LogP contribution in [0.25, 0.3) is 0 Å². The second-order valence-corrected chi connectivity index (χ2v) is 6.24. The number of rotatable bonds is 6. The fraction of sp³-hybridized carbons (Fsp3) is 0.250. The van der Waals surface area contributed by atoms with Crippen LogP contribution < -0.4 is 5.32 Å². The van der Waals surface area contributed by atoms with Crippen molar-refractivity contribution in [3.05, 3.63) is 29.3 Å². The van der Waals surface area contributed by atoms with Crippen LogP contribution in [0.4, 0.5) is 10.8 Å². The van der Waals surface area contributed by atoms with Crippen molar-refractivity contribution in [2.75, 3.05) is 17.7 Å². The van der Waals surface area contributed by atoms with Crippen molar-refractivity contribution in [2.24, 2.45) is 0 Å². The van der Waals surface area contributed by atoms with Gasteiger partial charge in [0.1, 0.15) is 0 Å². The molecule has 106 valence electrons. The summed E-state index contributed by atoms with van der Waals surface area (Å²) in [5.41, 5.74) is 0.843. The maximum atomic E-state index is 11.2. The van der Waals surface area contributed by atoms with Crippen LogP contribution in [-0.2, 0) is 9.53 Å². The molecule has 1 heterocycles. The third-order valence-electron chi connectivity index (χ3n) is 2.10. The first kappa shape index (κ1) is 15.1. The smallest absolute Gasteiger partial charge is 0.316 e. The van der Waals surface area contributed by atoms with Crippen LogP contribution in [0, 0.1) is 0 Å². The van der Waals surface area contributed by atoms with Crippen LogP contribution in [0.1, 0.15) is 6.92 Å². The first-order valence-corrected chi connectivity index (χ1v) is 8.00. The van der Waals surface area contributed by atoms with Gasteiger partial charge in [0.25, 0.3) is 0 Å². The van der Waals surface area contributed by atoms with E-state index < -0.39 is 0 Å². The van der Waals surface area contributed by atoms with E-state index in [9.17, 15) is 4.79 Å². The van der Waals surface area contributed by atoms with E-state index in [2.05, 4.69) is 15.5 Å². The van der Waals surface area contributed by atoms with Crippen LogP contribution in [0.5, 0.6) is 0 Å². The summed E-state index contributed by atoms with van der Waals surface area (Å²) >= 11 is 8.58. The molecule has 0 fully saturated rings. The highest BCUT2D eigenvalue weighted by Crippen LogP contribution is 2.28. The Balaban J connectivity index is 1.90. The minimum atomic E-state index is -0.253. The van der Waals surface area contributed by atoms with Gasteiger partial charge in [0.15, 0.2) is 4.34 Å². The zero-order chi connectivity index (χ0) is 14.4. The Labute approximate surface area is 129 Å². The summed E-state index contributed by atoms with van der Waals surface area (Å²) in [4.78, 5) is 11.2. The van der Waals surface area contributed by atoms with E-state index in [1.54, 1.807) is 19.1 Å². The lowest BCUT2D eigenvalue weighted by Gasteiger charge is -2.01. The highest BCUT2D eigenvalue weighted by molar-refractivity contribution is 8.01. The molecular weight excluding hydrogens is 318 g/mol. The van der Waals surface area contributed by atoms with Crippen molar-refractivity contribution in [1.29, 1.82) is 0 Å². The average Bonchev–Trinajstić information content (AvgIpc) is 2.84. The van der Waals surface area contributed by atoms with Gasteiger partial charge >= 0.3 is 5.97 Å². The minimum Gasteiger partial charge on any atom is -0.465 e. The number of aromatic nitrogens is 2. The molecule has 0 bridgehead atoms. The molecule has 1 N–H and O–H groups in total. The number of carbonyl (C=O) groups excluding carboxylic acids is 1. The summed E-state index contributed by atoms with van der Waals surface area (Å²) in [6, 6.07) is 7.34. The predicted octanol–water partition coefficient (Wildman–Crippen LogP) is 3.59. The number of hydrogen-bond acceptors (Lipinski definition) is 7. The Morgan fingerprint density at radius 2 is 2.35 bits per heavy atom. The maximum absolute atomic E-state index is 11.2. The lowest BCUT2D eigenvalue weighted by atomic mass is 10.3. The molecule has 0 unspecified atom stereocenters. The van der Waals surface area contributed by atoms with Gasteiger partial charge in [0.05, 0.1) is 12.4 Å². The van der Waals surface area contributed by atoms with E-state index in [-0.39, 0.29) is 11.7 Å². The number of ether oxygens (including phenoxy) is 1. The number of hydrogen-bond donors (Lipinski definition) is 1. The number of anilines is 2. The zero-order valence-electron chi connectivity index (χ0n) is 10.6. The molecule has 1 aromatic heterocycles. The van der Waals surface area contributed by atoms with Gasteiger partial charge in [0.2, 0.25) is 5.13 Å². The van der Waals surface area contributed by atoms with Crippen LogP contribution >= 0.6 is 34.7 Å². The molecule has 0 atom stereocenters. The number of carbonyl (C=O) groups is 1. The molecule has 0 radical (unpaired) electrons. The Morgan fingerprint density at radius 3 is 3.10 bits per heavy atom. The number of nitrogens with one attached hydrogen (secondary N) is 1. The second-order valence-electron chi connectivity index (χ2n) is 3.60. The van der Waals surface area contributed by atoms with Crippen molar-refractivity contribution in [3.8, 4) is 0 Å². The molecule has 2 aromatic rings. The highest BCUT2D eigenvalue weighted by atomic mass is 35.5. The molecule has 20 heavy (non-hydrogen) atoms. The van der Waals surface area contributed by atoms with Gasteiger partial charge in [0, 0.05) is 10.7 Å². The molecule has 0 aliphatic heterocycles. The maximum Gasteiger partial charge on any atom is 0.316 e. The van der Waals surface area contributed by atoms with Gasteiger partial charge in [-0.05, 0) is 25.1 Å². The summed E-state index contributed by atoms with van der Waals surface area (Å²) in [5.74, 6) is -0.0170. The van der Waals surface area contributed by atoms with E-state index in [1.165, 1.54) is 23.1 Å². The second kappa shape index (κ2) is 7.47.